The lowest BCUT2D eigenvalue weighted by Crippen LogP contribution is -2.53. The zero-order valence-electron chi connectivity index (χ0n) is 29.6. The van der Waals surface area contributed by atoms with Crippen LogP contribution in [-0.4, -0.2) is 52.3 Å². The Labute approximate surface area is 300 Å². The third-order valence-electron chi connectivity index (χ3n) is 8.62. The van der Waals surface area contributed by atoms with Gasteiger partial charge in [-0.2, -0.15) is 0 Å². The van der Waals surface area contributed by atoms with Crippen molar-refractivity contribution in [2.45, 2.75) is 69.7 Å². The van der Waals surface area contributed by atoms with E-state index in [4.69, 9.17) is 14.5 Å². The van der Waals surface area contributed by atoms with Gasteiger partial charge in [0.15, 0.2) is 0 Å². The van der Waals surface area contributed by atoms with Crippen molar-refractivity contribution in [3.63, 3.8) is 0 Å². The molecular weight excluding hydrogens is 640 g/mol. The van der Waals surface area contributed by atoms with Gasteiger partial charge in [-0.3, -0.25) is 4.79 Å². The number of imidazole rings is 1. The molecule has 1 heterocycles. The molecule has 0 bridgehead atoms. The van der Waals surface area contributed by atoms with Crippen LogP contribution in [0.4, 0.5) is 4.79 Å². The monoisotopic (exact) mass is 686 g/mol. The molecule has 0 spiro atoms. The number of hydrogen-bond acceptors (Lipinski definition) is 6. The number of esters is 1. The van der Waals surface area contributed by atoms with E-state index < -0.39 is 41.2 Å². The number of methoxy groups -OCH3 is 1. The minimum Gasteiger partial charge on any atom is -0.467 e. The van der Waals surface area contributed by atoms with Crippen LogP contribution in [0.3, 0.4) is 0 Å². The third-order valence-corrected chi connectivity index (χ3v) is 8.62. The van der Waals surface area contributed by atoms with E-state index >= 15 is 0 Å². The first-order valence-electron chi connectivity index (χ1n) is 17.2. The smallest absolute Gasteiger partial charge is 0.408 e. The van der Waals surface area contributed by atoms with Crippen LogP contribution in [0.2, 0.25) is 0 Å². The standard InChI is InChI=1S/C42H46N4O5/c1-41(2,3)51-40(49)45-37(28-31-18-9-5-10-19-31)38(47)44-36(39(48)50-4)27-17-26-35-29-46(30-43-35)42(32-20-11-6-12-21-32,33-22-13-7-14-23-33)34-24-15-8-16-25-34/h5-16,18-25,29-30,36-37H,17,26-28H2,1-4H3,(H,44,47)(H,45,49)/t36?,37-/m0/s1. The maximum atomic E-state index is 13.6. The van der Waals surface area contributed by atoms with E-state index in [0.717, 1.165) is 27.9 Å². The molecule has 5 aromatic rings. The number of aryl methyl sites for hydroxylation is 1. The molecule has 1 aromatic heterocycles. The van der Waals surface area contributed by atoms with Crippen LogP contribution < -0.4 is 10.6 Å². The van der Waals surface area contributed by atoms with Crippen LogP contribution >= 0.6 is 0 Å². The number of carbonyl (C=O) groups is 3. The Kier molecular flexibility index (Phi) is 12.1. The summed E-state index contributed by atoms with van der Waals surface area (Å²) in [5, 5.41) is 5.51. The average Bonchev–Trinajstić information content (AvgIpc) is 3.61. The van der Waals surface area contributed by atoms with Crippen molar-refractivity contribution < 1.29 is 23.9 Å². The summed E-state index contributed by atoms with van der Waals surface area (Å²) < 4.78 is 12.6. The second-order valence-electron chi connectivity index (χ2n) is 13.4. The molecule has 0 fully saturated rings. The summed E-state index contributed by atoms with van der Waals surface area (Å²) in [7, 11) is 1.29. The van der Waals surface area contributed by atoms with Crippen molar-refractivity contribution in [2.75, 3.05) is 7.11 Å². The quantitative estimate of drug-likeness (QED) is 0.0978. The van der Waals surface area contributed by atoms with Gasteiger partial charge in [-0.1, -0.05) is 121 Å². The van der Waals surface area contributed by atoms with Crippen molar-refractivity contribution >= 4 is 18.0 Å². The number of aromatic nitrogens is 2. The molecule has 0 saturated heterocycles. The number of hydrogen-bond donors (Lipinski definition) is 2. The number of nitrogens with zero attached hydrogens (tertiary/aromatic N) is 2. The highest BCUT2D eigenvalue weighted by Crippen LogP contribution is 2.40. The Bertz CT molecular complexity index is 1760. The average molecular weight is 687 g/mol. The third kappa shape index (κ3) is 9.30. The first kappa shape index (κ1) is 36.6. The summed E-state index contributed by atoms with van der Waals surface area (Å²) in [6.45, 7) is 5.25. The van der Waals surface area contributed by atoms with Gasteiger partial charge in [-0.15, -0.1) is 0 Å². The molecule has 1 unspecified atom stereocenters. The molecule has 264 valence electrons. The van der Waals surface area contributed by atoms with Gasteiger partial charge in [0, 0.05) is 12.6 Å². The molecule has 0 radical (unpaired) electrons. The summed E-state index contributed by atoms with van der Waals surface area (Å²) in [5.41, 5.74) is 3.51. The van der Waals surface area contributed by atoms with Gasteiger partial charge in [0.05, 0.1) is 19.1 Å². The molecule has 9 nitrogen and oxygen atoms in total. The van der Waals surface area contributed by atoms with Crippen LogP contribution in [0, 0.1) is 0 Å². The fraction of sp³-hybridized carbons (Fsp3) is 0.286. The van der Waals surface area contributed by atoms with E-state index in [1.165, 1.54) is 7.11 Å². The van der Waals surface area contributed by atoms with Gasteiger partial charge in [0.25, 0.3) is 0 Å². The van der Waals surface area contributed by atoms with E-state index in [1.54, 1.807) is 20.8 Å². The first-order valence-corrected chi connectivity index (χ1v) is 17.2. The van der Waals surface area contributed by atoms with Crippen molar-refractivity contribution in [3.8, 4) is 0 Å². The molecule has 0 saturated carbocycles. The van der Waals surface area contributed by atoms with Gasteiger partial charge < -0.3 is 24.7 Å². The zero-order valence-corrected chi connectivity index (χ0v) is 29.6. The second kappa shape index (κ2) is 16.8. The van der Waals surface area contributed by atoms with Crippen LogP contribution in [0.1, 0.15) is 61.6 Å². The van der Waals surface area contributed by atoms with E-state index in [2.05, 4.69) is 57.8 Å². The lowest BCUT2D eigenvalue weighted by atomic mass is 9.77. The number of ether oxygens (including phenoxy) is 2. The van der Waals surface area contributed by atoms with Crippen LogP contribution in [0.15, 0.2) is 134 Å². The van der Waals surface area contributed by atoms with Crippen molar-refractivity contribution in [1.82, 2.24) is 20.2 Å². The van der Waals surface area contributed by atoms with E-state index in [1.807, 2.05) is 91.3 Å². The lowest BCUT2D eigenvalue weighted by Gasteiger charge is -2.37. The van der Waals surface area contributed by atoms with Crippen LogP contribution in [0.5, 0.6) is 0 Å². The van der Waals surface area contributed by atoms with Crippen LogP contribution in [-0.2, 0) is 37.4 Å². The van der Waals surface area contributed by atoms with Crippen molar-refractivity contribution in [2.24, 2.45) is 0 Å². The fourth-order valence-corrected chi connectivity index (χ4v) is 6.32. The molecule has 0 aliphatic heterocycles. The molecule has 0 aliphatic carbocycles. The summed E-state index contributed by atoms with van der Waals surface area (Å²) >= 11 is 0. The minimum absolute atomic E-state index is 0.212. The molecule has 2 atom stereocenters. The zero-order chi connectivity index (χ0) is 36.3. The molecule has 0 aliphatic rings. The van der Waals surface area contributed by atoms with Crippen LogP contribution in [0.25, 0.3) is 0 Å². The number of nitrogens with one attached hydrogen (secondary N) is 2. The van der Waals surface area contributed by atoms with Crippen molar-refractivity contribution in [1.29, 1.82) is 0 Å². The predicted molar refractivity (Wildman–Crippen MR) is 197 cm³/mol. The Morgan fingerprint density at radius 1 is 0.725 bits per heavy atom. The molecule has 51 heavy (non-hydrogen) atoms. The molecule has 2 N–H and O–H groups in total. The summed E-state index contributed by atoms with van der Waals surface area (Å²) in [4.78, 5) is 44.1. The highest BCUT2D eigenvalue weighted by molar-refractivity contribution is 5.90. The van der Waals surface area contributed by atoms with Gasteiger partial charge in [0.2, 0.25) is 5.91 Å². The Hall–Kier alpha value is -5.70. The highest BCUT2D eigenvalue weighted by atomic mass is 16.6. The number of amides is 2. The maximum absolute atomic E-state index is 13.6. The largest absolute Gasteiger partial charge is 0.467 e. The van der Waals surface area contributed by atoms with Crippen molar-refractivity contribution in [3.05, 3.63) is 162 Å². The number of alkyl carbamates (subject to hydrolysis) is 1. The topological polar surface area (TPSA) is 112 Å². The summed E-state index contributed by atoms with van der Waals surface area (Å²) in [5.74, 6) is -1.08. The van der Waals surface area contributed by atoms with E-state index in [0.29, 0.717) is 19.3 Å². The fourth-order valence-electron chi connectivity index (χ4n) is 6.32. The molecule has 5 rings (SSSR count). The first-order chi connectivity index (χ1) is 24.6. The van der Waals surface area contributed by atoms with Gasteiger partial charge in [0.1, 0.15) is 23.2 Å². The maximum Gasteiger partial charge on any atom is 0.408 e. The Balaban J connectivity index is 1.35. The highest BCUT2D eigenvalue weighted by Gasteiger charge is 2.38. The second-order valence-corrected chi connectivity index (χ2v) is 13.4. The summed E-state index contributed by atoms with van der Waals surface area (Å²) in [6.07, 6.45) is 4.79. The molecule has 4 aromatic carbocycles. The minimum atomic E-state index is -0.979. The van der Waals surface area contributed by atoms with Gasteiger partial charge in [-0.05, 0) is 62.3 Å². The molecular formula is C42H46N4O5. The van der Waals surface area contributed by atoms with Gasteiger partial charge in [-0.25, -0.2) is 14.6 Å². The predicted octanol–water partition coefficient (Wildman–Crippen LogP) is 6.84. The lowest BCUT2D eigenvalue weighted by molar-refractivity contribution is -0.145. The number of carbonyl (C=O) groups excluding carboxylic acids is 3. The summed E-state index contributed by atoms with van der Waals surface area (Å²) in [6, 6.07) is 38.5. The molecule has 9 heteroatoms. The van der Waals surface area contributed by atoms with E-state index in [9.17, 15) is 14.4 Å². The SMILES string of the molecule is COC(=O)C(CCCc1cn(C(c2ccccc2)(c2ccccc2)c2ccccc2)cn1)NC(=O)[C@H](Cc1ccccc1)NC(=O)OC(C)(C)C. The van der Waals surface area contributed by atoms with E-state index in [-0.39, 0.29) is 6.42 Å². The molecule has 2 amide bonds. The Morgan fingerprint density at radius 3 is 1.73 bits per heavy atom. The number of rotatable bonds is 14. The van der Waals surface area contributed by atoms with Gasteiger partial charge >= 0.3 is 12.1 Å². The Morgan fingerprint density at radius 2 is 1.24 bits per heavy atom. The number of benzene rings is 4. The normalized spacial score (nSPS) is 12.7.